The van der Waals surface area contributed by atoms with Crippen LogP contribution in [-0.4, -0.2) is 36.2 Å². The lowest BCUT2D eigenvalue weighted by atomic mass is 9.89. The van der Waals surface area contributed by atoms with Crippen LogP contribution in [0.5, 0.6) is 0 Å². The van der Waals surface area contributed by atoms with Crippen LogP contribution in [0.15, 0.2) is 59.9 Å². The topological polar surface area (TPSA) is 69.5 Å². The molecule has 0 spiro atoms. The fourth-order valence-corrected chi connectivity index (χ4v) is 4.27. The molecule has 7 heteroatoms. The number of fused-ring (bicyclic) bond motifs is 1. The number of thiophene rings is 1. The van der Waals surface area contributed by atoms with Gasteiger partial charge in [-0.05, 0) is 35.1 Å². The molecule has 156 valence electrons. The van der Waals surface area contributed by atoms with E-state index in [9.17, 15) is 5.11 Å². The number of benzene rings is 1. The number of aliphatic hydroxyl groups is 1. The van der Waals surface area contributed by atoms with Gasteiger partial charge in [-0.15, -0.1) is 35.3 Å². The average Bonchev–Trinajstić information content (AvgIpc) is 3.15. The lowest BCUT2D eigenvalue weighted by Gasteiger charge is -2.23. The Morgan fingerprint density at radius 1 is 1.14 bits per heavy atom. The highest BCUT2D eigenvalue weighted by Crippen LogP contribution is 2.29. The molecular weight excluding hydrogens is 495 g/mol. The second kappa shape index (κ2) is 11.5. The third-order valence-electron chi connectivity index (χ3n) is 4.87. The maximum atomic E-state index is 10.6. The number of pyridine rings is 1. The maximum Gasteiger partial charge on any atom is 0.191 e. The first-order chi connectivity index (χ1) is 13.6. The van der Waals surface area contributed by atoms with E-state index >= 15 is 0 Å². The lowest BCUT2D eigenvalue weighted by molar-refractivity contribution is 0.184. The van der Waals surface area contributed by atoms with Crippen molar-refractivity contribution >= 4 is 51.4 Å². The second-order valence-electron chi connectivity index (χ2n) is 7.17. The molecule has 0 amide bonds. The van der Waals surface area contributed by atoms with Gasteiger partial charge in [-0.25, -0.2) is 0 Å². The lowest BCUT2D eigenvalue weighted by Crippen LogP contribution is -2.41. The van der Waals surface area contributed by atoms with Gasteiger partial charge in [-0.3, -0.25) is 9.98 Å². The largest absolute Gasteiger partial charge is 0.386 e. The fraction of sp³-hybridized carbons (Fsp3) is 0.364. The van der Waals surface area contributed by atoms with E-state index in [0.29, 0.717) is 24.3 Å². The van der Waals surface area contributed by atoms with Gasteiger partial charge in [-0.2, -0.15) is 0 Å². The maximum absolute atomic E-state index is 10.6. The van der Waals surface area contributed by atoms with Crippen molar-refractivity contribution < 1.29 is 5.11 Å². The molecule has 0 aliphatic heterocycles. The molecular formula is C22H29IN4OS. The number of rotatable bonds is 7. The number of halogens is 1. The number of nitrogens with one attached hydrogen (secondary N) is 2. The van der Waals surface area contributed by atoms with Crippen LogP contribution in [0.25, 0.3) is 10.1 Å². The summed E-state index contributed by atoms with van der Waals surface area (Å²) >= 11 is 1.63. The molecule has 2 heterocycles. The molecule has 2 atom stereocenters. The number of hydrogen-bond acceptors (Lipinski definition) is 4. The van der Waals surface area contributed by atoms with Crippen LogP contribution in [0.2, 0.25) is 0 Å². The van der Waals surface area contributed by atoms with Gasteiger partial charge < -0.3 is 15.7 Å². The molecule has 0 bridgehead atoms. The van der Waals surface area contributed by atoms with Crippen molar-refractivity contribution in [3.8, 4) is 0 Å². The van der Waals surface area contributed by atoms with E-state index in [2.05, 4.69) is 58.7 Å². The summed E-state index contributed by atoms with van der Waals surface area (Å²) in [4.78, 5) is 9.49. The minimum atomic E-state index is -0.574. The summed E-state index contributed by atoms with van der Waals surface area (Å²) < 4.78 is 1.19. The van der Waals surface area contributed by atoms with Gasteiger partial charge in [0.25, 0.3) is 0 Å². The van der Waals surface area contributed by atoms with Gasteiger partial charge in [0.15, 0.2) is 5.96 Å². The van der Waals surface area contributed by atoms with Crippen molar-refractivity contribution in [2.75, 3.05) is 20.1 Å². The number of hydrogen-bond donors (Lipinski definition) is 3. The Labute approximate surface area is 193 Å². The third-order valence-corrected chi connectivity index (χ3v) is 6.08. The fourth-order valence-electron chi connectivity index (χ4n) is 3.22. The van der Waals surface area contributed by atoms with Crippen molar-refractivity contribution in [2.45, 2.75) is 25.9 Å². The molecule has 2 aromatic heterocycles. The summed E-state index contributed by atoms with van der Waals surface area (Å²) in [5.74, 6) is 1.49. The summed E-state index contributed by atoms with van der Waals surface area (Å²) in [5.41, 5.74) is 1.21. The first-order valence-corrected chi connectivity index (χ1v) is 10.4. The molecule has 0 aliphatic rings. The number of aromatic nitrogens is 1. The quantitative estimate of drug-likeness (QED) is 0.241. The van der Waals surface area contributed by atoms with Crippen LogP contribution >= 0.6 is 35.3 Å². The second-order valence-corrected chi connectivity index (χ2v) is 8.29. The van der Waals surface area contributed by atoms with Gasteiger partial charge in [-0.1, -0.05) is 38.1 Å². The Bertz CT molecular complexity index is 880. The Balaban J connectivity index is 0.00000300. The normalized spacial score (nSPS) is 13.8. The van der Waals surface area contributed by atoms with E-state index in [1.165, 1.54) is 15.6 Å². The zero-order chi connectivity index (χ0) is 19.9. The number of guanidine groups is 1. The van der Waals surface area contributed by atoms with Crippen molar-refractivity contribution in [3.63, 3.8) is 0 Å². The van der Waals surface area contributed by atoms with Gasteiger partial charge in [0.1, 0.15) is 6.10 Å². The predicted molar refractivity (Wildman–Crippen MR) is 133 cm³/mol. The summed E-state index contributed by atoms with van der Waals surface area (Å²) in [6.45, 7) is 5.58. The van der Waals surface area contributed by atoms with E-state index in [0.717, 1.165) is 11.4 Å². The highest BCUT2D eigenvalue weighted by Gasteiger charge is 2.17. The molecule has 0 saturated carbocycles. The zero-order valence-corrected chi connectivity index (χ0v) is 20.1. The van der Waals surface area contributed by atoms with Crippen LogP contribution in [0.4, 0.5) is 0 Å². The van der Waals surface area contributed by atoms with Gasteiger partial charge in [0.05, 0.1) is 0 Å². The minimum Gasteiger partial charge on any atom is -0.386 e. The van der Waals surface area contributed by atoms with Crippen molar-refractivity contribution in [3.05, 3.63) is 65.3 Å². The first kappa shape index (κ1) is 23.6. The highest BCUT2D eigenvalue weighted by atomic mass is 127. The molecule has 3 N–H and O–H groups in total. The highest BCUT2D eigenvalue weighted by molar-refractivity contribution is 14.0. The Kier molecular flexibility index (Phi) is 9.32. The molecule has 1 aromatic carbocycles. The minimum absolute atomic E-state index is 0. The average molecular weight is 524 g/mol. The number of aliphatic imine (C=N–C) groups is 1. The molecule has 0 aliphatic carbocycles. The number of aliphatic hydroxyl groups excluding tert-OH is 1. The van der Waals surface area contributed by atoms with E-state index < -0.39 is 6.10 Å². The van der Waals surface area contributed by atoms with E-state index in [4.69, 9.17) is 0 Å². The molecule has 0 saturated heterocycles. The summed E-state index contributed by atoms with van der Waals surface area (Å²) in [5, 5.41) is 18.4. The van der Waals surface area contributed by atoms with E-state index in [-0.39, 0.29) is 24.0 Å². The third kappa shape index (κ3) is 6.38. The van der Waals surface area contributed by atoms with Crippen LogP contribution in [-0.2, 0) is 0 Å². The molecule has 3 rings (SSSR count). The summed E-state index contributed by atoms with van der Waals surface area (Å²) in [6.07, 6.45) is 3.15. The van der Waals surface area contributed by atoms with Crippen LogP contribution in [0.1, 0.15) is 36.3 Å². The molecule has 3 aromatic rings. The van der Waals surface area contributed by atoms with Crippen molar-refractivity contribution in [1.82, 2.24) is 15.6 Å². The van der Waals surface area contributed by atoms with Gasteiger partial charge in [0, 0.05) is 48.0 Å². The van der Waals surface area contributed by atoms with Crippen molar-refractivity contribution in [1.29, 1.82) is 0 Å². The summed E-state index contributed by atoms with van der Waals surface area (Å²) in [7, 11) is 1.75. The Morgan fingerprint density at radius 3 is 2.55 bits per heavy atom. The molecule has 0 radical (unpaired) electrons. The smallest absolute Gasteiger partial charge is 0.191 e. The van der Waals surface area contributed by atoms with E-state index in [1.54, 1.807) is 24.6 Å². The molecule has 2 unspecified atom stereocenters. The Hall–Kier alpha value is -1.71. The van der Waals surface area contributed by atoms with Crippen LogP contribution in [0.3, 0.4) is 0 Å². The molecule has 0 fully saturated rings. The van der Waals surface area contributed by atoms with Crippen LogP contribution < -0.4 is 10.6 Å². The zero-order valence-electron chi connectivity index (χ0n) is 17.0. The van der Waals surface area contributed by atoms with Gasteiger partial charge in [0.2, 0.25) is 0 Å². The monoisotopic (exact) mass is 524 g/mol. The Morgan fingerprint density at radius 2 is 1.90 bits per heavy atom. The first-order valence-electron chi connectivity index (χ1n) is 9.59. The summed E-state index contributed by atoms with van der Waals surface area (Å²) in [6, 6.07) is 14.3. The van der Waals surface area contributed by atoms with Crippen molar-refractivity contribution in [2.24, 2.45) is 10.9 Å². The van der Waals surface area contributed by atoms with Crippen LogP contribution in [0, 0.1) is 5.92 Å². The van der Waals surface area contributed by atoms with E-state index in [1.807, 2.05) is 24.4 Å². The molecule has 5 nitrogen and oxygen atoms in total. The standard InChI is InChI=1S/C22H28N4OS.HI/c1-15(2)18(17-8-6-10-24-12-17)13-25-22(23-3)26-14-19(27)21-11-16-7-4-5-9-20(16)28-21;/h4-12,15,18-19,27H,13-14H2,1-3H3,(H2,23,25,26);1H. The number of nitrogens with zero attached hydrogens (tertiary/aromatic N) is 2. The molecule has 29 heavy (non-hydrogen) atoms. The predicted octanol–water partition coefficient (Wildman–Crippen LogP) is 4.55. The SMILES string of the molecule is CN=C(NCC(O)c1cc2ccccc2s1)NCC(c1cccnc1)C(C)C.I. The van der Waals surface area contributed by atoms with Gasteiger partial charge >= 0.3 is 0 Å².